The van der Waals surface area contributed by atoms with Gasteiger partial charge in [-0.25, -0.2) is 0 Å². The van der Waals surface area contributed by atoms with Crippen LogP contribution in [0.1, 0.15) is 34.1 Å². The largest absolute Gasteiger partial charge is 0.0837 e. The van der Waals surface area contributed by atoms with Gasteiger partial charge in [0.05, 0.1) is 0 Å². The van der Waals surface area contributed by atoms with Crippen molar-refractivity contribution in [1.29, 1.82) is 0 Å². The summed E-state index contributed by atoms with van der Waals surface area (Å²) < 4.78 is 0. The highest BCUT2D eigenvalue weighted by atomic mass is 14.4. The Kier molecular flexibility index (Phi) is 2.76. The standard InChI is InChI=1S/C12H20/c1-10(2)12(11(3)4)8-6-5-7-9-12/h5-8,10-11H,9H2,1-4H3. The van der Waals surface area contributed by atoms with Crippen LogP contribution in [0.3, 0.4) is 0 Å². The first-order valence-electron chi connectivity index (χ1n) is 4.94. The molecule has 1 aliphatic carbocycles. The van der Waals surface area contributed by atoms with Crippen LogP contribution in [0.5, 0.6) is 0 Å². The summed E-state index contributed by atoms with van der Waals surface area (Å²) in [4.78, 5) is 0. The van der Waals surface area contributed by atoms with E-state index in [1.807, 2.05) is 0 Å². The molecule has 0 spiro atoms. The molecule has 0 fully saturated rings. The van der Waals surface area contributed by atoms with E-state index in [2.05, 4.69) is 52.0 Å². The van der Waals surface area contributed by atoms with Gasteiger partial charge in [0.1, 0.15) is 0 Å². The summed E-state index contributed by atoms with van der Waals surface area (Å²) in [5, 5.41) is 0. The molecule has 0 aliphatic heterocycles. The summed E-state index contributed by atoms with van der Waals surface area (Å²) in [7, 11) is 0. The van der Waals surface area contributed by atoms with E-state index >= 15 is 0 Å². The van der Waals surface area contributed by atoms with Crippen molar-refractivity contribution >= 4 is 0 Å². The Morgan fingerprint density at radius 1 is 1.00 bits per heavy atom. The normalized spacial score (nSPS) is 20.8. The molecule has 0 radical (unpaired) electrons. The third-order valence-electron chi connectivity index (χ3n) is 3.27. The van der Waals surface area contributed by atoms with Gasteiger partial charge in [0.15, 0.2) is 0 Å². The van der Waals surface area contributed by atoms with E-state index < -0.39 is 0 Å². The lowest BCUT2D eigenvalue weighted by Gasteiger charge is -2.39. The molecule has 0 saturated carbocycles. The predicted molar refractivity (Wildman–Crippen MR) is 55.0 cm³/mol. The highest BCUT2D eigenvalue weighted by Gasteiger charge is 2.33. The molecule has 1 rings (SSSR count). The van der Waals surface area contributed by atoms with Crippen molar-refractivity contribution in [3.63, 3.8) is 0 Å². The summed E-state index contributed by atoms with van der Waals surface area (Å²) in [5.41, 5.74) is 0.411. The zero-order valence-electron chi connectivity index (χ0n) is 8.67. The topological polar surface area (TPSA) is 0 Å². The number of rotatable bonds is 2. The maximum absolute atomic E-state index is 2.39. The van der Waals surface area contributed by atoms with Gasteiger partial charge in [-0.2, -0.15) is 0 Å². The molecule has 0 aromatic heterocycles. The summed E-state index contributed by atoms with van der Waals surface area (Å²) in [6.45, 7) is 9.29. The van der Waals surface area contributed by atoms with Crippen LogP contribution >= 0.6 is 0 Å². The molecular formula is C12H20. The maximum Gasteiger partial charge on any atom is -0.00346 e. The Labute approximate surface area is 76.4 Å². The lowest BCUT2D eigenvalue weighted by molar-refractivity contribution is 0.180. The minimum absolute atomic E-state index is 0.411. The Bertz CT molecular complexity index is 186. The van der Waals surface area contributed by atoms with E-state index in [0.29, 0.717) is 5.41 Å². The van der Waals surface area contributed by atoms with Crippen molar-refractivity contribution in [3.8, 4) is 0 Å². The van der Waals surface area contributed by atoms with E-state index in [1.165, 1.54) is 6.42 Å². The average Bonchev–Trinajstić information content (AvgIpc) is 2.05. The minimum Gasteiger partial charge on any atom is -0.0837 e. The van der Waals surface area contributed by atoms with Crippen molar-refractivity contribution < 1.29 is 0 Å². The van der Waals surface area contributed by atoms with Crippen LogP contribution in [0.25, 0.3) is 0 Å². The summed E-state index contributed by atoms with van der Waals surface area (Å²) in [6.07, 6.45) is 10.2. The number of allylic oxidation sites excluding steroid dienone is 4. The zero-order chi connectivity index (χ0) is 9.19. The third-order valence-corrected chi connectivity index (χ3v) is 3.27. The van der Waals surface area contributed by atoms with Gasteiger partial charge in [-0.1, -0.05) is 52.0 Å². The molecule has 0 bridgehead atoms. The smallest absolute Gasteiger partial charge is 0.00346 e. The van der Waals surface area contributed by atoms with Crippen LogP contribution in [0.15, 0.2) is 24.3 Å². The molecular weight excluding hydrogens is 144 g/mol. The highest BCUT2D eigenvalue weighted by Crippen LogP contribution is 2.42. The zero-order valence-corrected chi connectivity index (χ0v) is 8.67. The van der Waals surface area contributed by atoms with Crippen LogP contribution < -0.4 is 0 Å². The van der Waals surface area contributed by atoms with E-state index in [-0.39, 0.29) is 0 Å². The molecule has 0 amide bonds. The maximum atomic E-state index is 2.39. The SMILES string of the molecule is CC(C)C1(C(C)C)C=CC=CC1. The Morgan fingerprint density at radius 2 is 1.58 bits per heavy atom. The number of hydrogen-bond donors (Lipinski definition) is 0. The van der Waals surface area contributed by atoms with Crippen molar-refractivity contribution in [3.05, 3.63) is 24.3 Å². The summed E-state index contributed by atoms with van der Waals surface area (Å²) >= 11 is 0. The molecule has 68 valence electrons. The van der Waals surface area contributed by atoms with Gasteiger partial charge < -0.3 is 0 Å². The summed E-state index contributed by atoms with van der Waals surface area (Å²) in [6, 6.07) is 0. The lowest BCUT2D eigenvalue weighted by Crippen LogP contribution is -2.31. The first kappa shape index (κ1) is 9.57. The van der Waals surface area contributed by atoms with Gasteiger partial charge in [-0.15, -0.1) is 0 Å². The molecule has 0 aromatic rings. The summed E-state index contributed by atoms with van der Waals surface area (Å²) in [5.74, 6) is 1.47. The molecule has 0 atom stereocenters. The Hall–Kier alpha value is -0.520. The predicted octanol–water partition coefficient (Wildman–Crippen LogP) is 3.80. The van der Waals surface area contributed by atoms with Gasteiger partial charge in [-0.05, 0) is 23.7 Å². The van der Waals surface area contributed by atoms with Crippen LogP contribution in [0.2, 0.25) is 0 Å². The van der Waals surface area contributed by atoms with Crippen LogP contribution in [0.4, 0.5) is 0 Å². The van der Waals surface area contributed by atoms with E-state index in [9.17, 15) is 0 Å². The molecule has 0 heterocycles. The van der Waals surface area contributed by atoms with Crippen molar-refractivity contribution in [2.45, 2.75) is 34.1 Å². The molecule has 1 aliphatic rings. The van der Waals surface area contributed by atoms with E-state index in [0.717, 1.165) is 11.8 Å². The van der Waals surface area contributed by atoms with Crippen molar-refractivity contribution in [2.24, 2.45) is 17.3 Å². The Morgan fingerprint density at radius 3 is 1.83 bits per heavy atom. The van der Waals surface area contributed by atoms with Gasteiger partial charge in [0.2, 0.25) is 0 Å². The lowest BCUT2D eigenvalue weighted by atomic mass is 9.65. The van der Waals surface area contributed by atoms with E-state index in [4.69, 9.17) is 0 Å². The van der Waals surface area contributed by atoms with Gasteiger partial charge in [0.25, 0.3) is 0 Å². The first-order valence-corrected chi connectivity index (χ1v) is 4.94. The van der Waals surface area contributed by atoms with Crippen LogP contribution in [0, 0.1) is 17.3 Å². The monoisotopic (exact) mass is 164 g/mol. The van der Waals surface area contributed by atoms with Crippen molar-refractivity contribution in [2.75, 3.05) is 0 Å². The molecule has 0 aromatic carbocycles. The minimum atomic E-state index is 0.411. The molecule has 12 heavy (non-hydrogen) atoms. The Balaban J connectivity index is 2.88. The molecule has 0 nitrogen and oxygen atoms in total. The average molecular weight is 164 g/mol. The van der Waals surface area contributed by atoms with Gasteiger partial charge >= 0.3 is 0 Å². The van der Waals surface area contributed by atoms with Crippen molar-refractivity contribution in [1.82, 2.24) is 0 Å². The fourth-order valence-corrected chi connectivity index (χ4v) is 2.18. The van der Waals surface area contributed by atoms with Gasteiger partial charge in [0, 0.05) is 0 Å². The second-order valence-corrected chi connectivity index (χ2v) is 4.41. The highest BCUT2D eigenvalue weighted by molar-refractivity contribution is 5.18. The quantitative estimate of drug-likeness (QED) is 0.582. The fraction of sp³-hybridized carbons (Fsp3) is 0.667. The molecule has 0 unspecified atom stereocenters. The second-order valence-electron chi connectivity index (χ2n) is 4.41. The van der Waals surface area contributed by atoms with Gasteiger partial charge in [-0.3, -0.25) is 0 Å². The van der Waals surface area contributed by atoms with Crippen LogP contribution in [-0.2, 0) is 0 Å². The fourth-order valence-electron chi connectivity index (χ4n) is 2.18. The molecule has 0 N–H and O–H groups in total. The second kappa shape index (κ2) is 3.47. The number of hydrogen-bond acceptors (Lipinski definition) is 0. The van der Waals surface area contributed by atoms with E-state index in [1.54, 1.807) is 0 Å². The molecule has 0 heteroatoms. The van der Waals surface area contributed by atoms with Crippen LogP contribution in [-0.4, -0.2) is 0 Å². The third kappa shape index (κ3) is 1.48. The first-order chi connectivity index (χ1) is 5.59. The molecule has 0 saturated heterocycles.